The van der Waals surface area contributed by atoms with Gasteiger partial charge in [-0.15, -0.1) is 0 Å². The summed E-state index contributed by atoms with van der Waals surface area (Å²) in [6, 6.07) is 0.463. The van der Waals surface area contributed by atoms with Crippen molar-refractivity contribution < 1.29 is 4.79 Å². The Morgan fingerprint density at radius 1 is 1.21 bits per heavy atom. The Morgan fingerprint density at radius 3 is 2.66 bits per heavy atom. The van der Waals surface area contributed by atoms with E-state index < -0.39 is 5.41 Å². The van der Waals surface area contributed by atoms with Crippen LogP contribution in [0.4, 0.5) is 17.5 Å². The number of hydrogen-bond acceptors (Lipinski definition) is 6. The lowest BCUT2D eigenvalue weighted by Gasteiger charge is -2.34. The standard InChI is InChI=1S/C22H36N6O/c1-22(2)15-28(17-6-4-5-7-17)19-18(27(3)20(22)29)14-25-21(26-19)24-13-10-16-8-11-23-12-9-16/h14,16-17,23H,4-13,15H2,1-3H3,(H,24,25,26). The van der Waals surface area contributed by atoms with E-state index in [4.69, 9.17) is 4.98 Å². The molecule has 0 aromatic carbocycles. The van der Waals surface area contributed by atoms with Gasteiger partial charge in [0.25, 0.3) is 0 Å². The first-order chi connectivity index (χ1) is 14.0. The number of amides is 1. The molecule has 160 valence electrons. The molecule has 1 aliphatic carbocycles. The fraction of sp³-hybridized carbons (Fsp3) is 0.773. The molecule has 7 heteroatoms. The Bertz CT molecular complexity index is 724. The summed E-state index contributed by atoms with van der Waals surface area (Å²) in [5, 5.41) is 6.87. The molecule has 4 rings (SSSR count). The van der Waals surface area contributed by atoms with Gasteiger partial charge in [-0.05, 0) is 65.0 Å². The fourth-order valence-corrected chi connectivity index (χ4v) is 5.11. The van der Waals surface area contributed by atoms with Crippen molar-refractivity contribution in [2.24, 2.45) is 11.3 Å². The molecule has 7 nitrogen and oxygen atoms in total. The molecule has 0 bridgehead atoms. The summed E-state index contributed by atoms with van der Waals surface area (Å²) in [5.74, 6) is 2.51. The van der Waals surface area contributed by atoms with E-state index >= 15 is 0 Å². The quantitative estimate of drug-likeness (QED) is 0.791. The van der Waals surface area contributed by atoms with Gasteiger partial charge in [-0.3, -0.25) is 4.79 Å². The van der Waals surface area contributed by atoms with Crippen LogP contribution in [-0.2, 0) is 4.79 Å². The van der Waals surface area contributed by atoms with Crippen LogP contribution in [0.5, 0.6) is 0 Å². The molecule has 2 fully saturated rings. The minimum atomic E-state index is -0.444. The van der Waals surface area contributed by atoms with E-state index in [0.717, 1.165) is 43.5 Å². The third-order valence-electron chi connectivity index (χ3n) is 6.89. The van der Waals surface area contributed by atoms with Gasteiger partial charge in [-0.25, -0.2) is 4.98 Å². The number of hydrogen-bond donors (Lipinski definition) is 2. The van der Waals surface area contributed by atoms with Crippen molar-refractivity contribution in [1.82, 2.24) is 15.3 Å². The largest absolute Gasteiger partial charge is 0.354 e. The van der Waals surface area contributed by atoms with Crippen molar-refractivity contribution >= 4 is 23.4 Å². The monoisotopic (exact) mass is 400 g/mol. The van der Waals surface area contributed by atoms with Crippen molar-refractivity contribution in [3.8, 4) is 0 Å². The molecule has 0 radical (unpaired) electrons. The maximum absolute atomic E-state index is 13.0. The predicted molar refractivity (Wildman–Crippen MR) is 118 cm³/mol. The summed E-state index contributed by atoms with van der Waals surface area (Å²) in [6.45, 7) is 7.96. The zero-order chi connectivity index (χ0) is 20.4. The van der Waals surface area contributed by atoms with Gasteiger partial charge in [0.1, 0.15) is 5.69 Å². The molecule has 1 amide bonds. The van der Waals surface area contributed by atoms with Gasteiger partial charge < -0.3 is 20.4 Å². The lowest BCUT2D eigenvalue weighted by molar-refractivity contribution is -0.125. The van der Waals surface area contributed by atoms with Crippen LogP contribution in [0.1, 0.15) is 58.8 Å². The van der Waals surface area contributed by atoms with Crippen LogP contribution in [0.15, 0.2) is 6.20 Å². The van der Waals surface area contributed by atoms with Crippen molar-refractivity contribution in [1.29, 1.82) is 0 Å². The van der Waals surface area contributed by atoms with Gasteiger partial charge in [0.05, 0.1) is 11.6 Å². The molecule has 29 heavy (non-hydrogen) atoms. The highest BCUT2D eigenvalue weighted by Crippen LogP contribution is 2.40. The first-order valence-corrected chi connectivity index (χ1v) is 11.3. The van der Waals surface area contributed by atoms with Gasteiger partial charge in [0.2, 0.25) is 11.9 Å². The van der Waals surface area contributed by atoms with Crippen LogP contribution in [0.3, 0.4) is 0 Å². The van der Waals surface area contributed by atoms with Gasteiger partial charge in [0, 0.05) is 26.2 Å². The van der Waals surface area contributed by atoms with E-state index in [1.54, 1.807) is 4.90 Å². The van der Waals surface area contributed by atoms with Gasteiger partial charge >= 0.3 is 0 Å². The Labute approximate surface area is 174 Å². The Morgan fingerprint density at radius 2 is 1.93 bits per heavy atom. The average molecular weight is 401 g/mol. The Balaban J connectivity index is 1.55. The van der Waals surface area contributed by atoms with Gasteiger partial charge in [0.15, 0.2) is 5.82 Å². The summed E-state index contributed by atoms with van der Waals surface area (Å²) in [4.78, 5) is 26.7. The summed E-state index contributed by atoms with van der Waals surface area (Å²) < 4.78 is 0. The number of carbonyl (C=O) groups is 1. The molecule has 1 saturated heterocycles. The molecule has 1 saturated carbocycles. The summed E-state index contributed by atoms with van der Waals surface area (Å²) >= 11 is 0. The third kappa shape index (κ3) is 4.34. The lowest BCUT2D eigenvalue weighted by atomic mass is 9.91. The minimum Gasteiger partial charge on any atom is -0.354 e. The number of nitrogens with zero attached hydrogens (tertiary/aromatic N) is 4. The van der Waals surface area contributed by atoms with E-state index in [1.807, 2.05) is 27.1 Å². The normalized spacial score (nSPS) is 23.2. The molecule has 0 unspecified atom stereocenters. The summed E-state index contributed by atoms with van der Waals surface area (Å²) in [6.07, 6.45) is 10.4. The maximum atomic E-state index is 13.0. The molecule has 2 N–H and O–H groups in total. The fourth-order valence-electron chi connectivity index (χ4n) is 5.11. The Hall–Kier alpha value is -1.89. The van der Waals surface area contributed by atoms with Crippen LogP contribution in [-0.4, -0.2) is 55.1 Å². The number of nitrogens with one attached hydrogen (secondary N) is 2. The van der Waals surface area contributed by atoms with Crippen LogP contribution >= 0.6 is 0 Å². The average Bonchev–Trinajstić information content (AvgIpc) is 3.24. The molecule has 1 aromatic heterocycles. The molecule has 2 aliphatic heterocycles. The first-order valence-electron chi connectivity index (χ1n) is 11.3. The highest BCUT2D eigenvalue weighted by molar-refractivity contribution is 6.00. The smallest absolute Gasteiger partial charge is 0.234 e. The van der Waals surface area contributed by atoms with Gasteiger partial charge in [-0.2, -0.15) is 4.98 Å². The number of anilines is 3. The zero-order valence-corrected chi connectivity index (χ0v) is 18.2. The highest BCUT2D eigenvalue weighted by Gasteiger charge is 2.41. The first kappa shape index (κ1) is 20.4. The zero-order valence-electron chi connectivity index (χ0n) is 18.2. The van der Waals surface area contributed by atoms with Crippen molar-refractivity contribution in [2.45, 2.75) is 64.8 Å². The van der Waals surface area contributed by atoms with Crippen LogP contribution < -0.4 is 20.4 Å². The van der Waals surface area contributed by atoms with E-state index in [9.17, 15) is 4.79 Å². The number of fused-ring (bicyclic) bond motifs is 1. The van der Waals surface area contributed by atoms with Crippen molar-refractivity contribution in [2.75, 3.05) is 48.3 Å². The second-order valence-electron chi connectivity index (χ2n) is 9.63. The SMILES string of the molecule is CN1C(=O)C(C)(C)CN(C2CCCC2)c2nc(NCCC3CCNCC3)ncc21. The third-order valence-corrected chi connectivity index (χ3v) is 6.89. The molecule has 1 aromatic rings. The Kier molecular flexibility index (Phi) is 5.95. The van der Waals surface area contributed by atoms with E-state index in [1.165, 1.54) is 38.5 Å². The number of piperidine rings is 1. The molecule has 3 aliphatic rings. The van der Waals surface area contributed by atoms with Crippen LogP contribution in [0.2, 0.25) is 0 Å². The van der Waals surface area contributed by atoms with E-state index in [-0.39, 0.29) is 5.91 Å². The lowest BCUT2D eigenvalue weighted by Crippen LogP contribution is -2.45. The molecule has 3 heterocycles. The maximum Gasteiger partial charge on any atom is 0.234 e. The highest BCUT2D eigenvalue weighted by atomic mass is 16.2. The molecule has 0 spiro atoms. The van der Waals surface area contributed by atoms with Crippen LogP contribution in [0, 0.1) is 11.3 Å². The van der Waals surface area contributed by atoms with Crippen LogP contribution in [0.25, 0.3) is 0 Å². The predicted octanol–water partition coefficient (Wildman–Crippen LogP) is 3.03. The molecular weight excluding hydrogens is 364 g/mol. The van der Waals surface area contributed by atoms with Crippen molar-refractivity contribution in [3.05, 3.63) is 6.20 Å². The van der Waals surface area contributed by atoms with E-state index in [2.05, 4.69) is 20.5 Å². The van der Waals surface area contributed by atoms with Crippen molar-refractivity contribution in [3.63, 3.8) is 0 Å². The molecular formula is C22H36N6O. The summed E-state index contributed by atoms with van der Waals surface area (Å²) in [7, 11) is 1.86. The second kappa shape index (κ2) is 8.46. The number of aromatic nitrogens is 2. The minimum absolute atomic E-state index is 0.134. The summed E-state index contributed by atoms with van der Waals surface area (Å²) in [5.41, 5.74) is 0.386. The number of rotatable bonds is 5. The second-order valence-corrected chi connectivity index (χ2v) is 9.63. The van der Waals surface area contributed by atoms with E-state index in [0.29, 0.717) is 18.5 Å². The number of carbonyl (C=O) groups excluding carboxylic acids is 1. The molecule has 0 atom stereocenters. The topological polar surface area (TPSA) is 73.4 Å². The van der Waals surface area contributed by atoms with Gasteiger partial charge in [-0.1, -0.05) is 12.8 Å².